The molecule has 5 aromatic rings. The Morgan fingerprint density at radius 2 is 1.94 bits per heavy atom. The second-order valence-corrected chi connectivity index (χ2v) is 7.79. The van der Waals surface area contributed by atoms with Crippen LogP contribution in [0.15, 0.2) is 69.9 Å². The number of nitrogen functional groups attached to an aromatic ring is 1. The summed E-state index contributed by atoms with van der Waals surface area (Å²) in [5, 5.41) is 7.58. The van der Waals surface area contributed by atoms with Gasteiger partial charge in [0.15, 0.2) is 17.3 Å². The van der Waals surface area contributed by atoms with Gasteiger partial charge in [0.1, 0.15) is 11.3 Å². The normalized spacial score (nSPS) is 11.0. The summed E-state index contributed by atoms with van der Waals surface area (Å²) < 4.78 is 18.3. The van der Waals surface area contributed by atoms with Crippen LogP contribution in [-0.2, 0) is 4.74 Å². The van der Waals surface area contributed by atoms with Crippen molar-refractivity contribution in [1.29, 1.82) is 0 Å². The number of rotatable bonds is 5. The summed E-state index contributed by atoms with van der Waals surface area (Å²) in [7, 11) is 1.32. The molecule has 33 heavy (non-hydrogen) atoms. The Hall–Kier alpha value is -4.25. The lowest BCUT2D eigenvalue weighted by Crippen LogP contribution is -2.01. The maximum absolute atomic E-state index is 11.8. The Balaban J connectivity index is 1.63. The van der Waals surface area contributed by atoms with Crippen LogP contribution in [0.3, 0.4) is 0 Å². The van der Waals surface area contributed by atoms with Gasteiger partial charge < -0.3 is 15.2 Å². The van der Waals surface area contributed by atoms with Gasteiger partial charge >= 0.3 is 5.97 Å². The molecule has 0 radical (unpaired) electrons. The van der Waals surface area contributed by atoms with Crippen molar-refractivity contribution in [3.05, 3.63) is 70.8 Å². The third kappa shape index (κ3) is 3.89. The number of fused-ring (bicyclic) bond motifs is 1. The summed E-state index contributed by atoms with van der Waals surface area (Å²) >= 11 is 3.45. The van der Waals surface area contributed by atoms with Crippen molar-refractivity contribution >= 4 is 38.8 Å². The van der Waals surface area contributed by atoms with Crippen molar-refractivity contribution in [1.82, 2.24) is 24.8 Å². The van der Waals surface area contributed by atoms with E-state index in [0.717, 1.165) is 10.2 Å². The highest BCUT2D eigenvalue weighted by Crippen LogP contribution is 2.32. The number of esters is 1. The van der Waals surface area contributed by atoms with Crippen LogP contribution in [0, 0.1) is 0 Å². The fourth-order valence-corrected chi connectivity index (χ4v) is 3.57. The molecule has 0 unspecified atom stereocenters. The number of nitrogens with zero attached hydrogens (tertiary/aromatic N) is 5. The maximum atomic E-state index is 11.8. The van der Waals surface area contributed by atoms with E-state index in [2.05, 4.69) is 36.2 Å². The number of benzene rings is 2. The largest absolute Gasteiger partial charge is 0.465 e. The van der Waals surface area contributed by atoms with E-state index in [1.54, 1.807) is 36.5 Å². The van der Waals surface area contributed by atoms with E-state index in [-0.39, 0.29) is 5.82 Å². The van der Waals surface area contributed by atoms with Gasteiger partial charge in [-0.25, -0.2) is 19.4 Å². The van der Waals surface area contributed by atoms with Gasteiger partial charge in [-0.05, 0) is 52.8 Å². The second kappa shape index (κ2) is 8.36. The topological polar surface area (TPSA) is 131 Å². The quantitative estimate of drug-likeness (QED) is 0.344. The first kappa shape index (κ1) is 20.6. The minimum absolute atomic E-state index is 0.118. The van der Waals surface area contributed by atoms with E-state index in [9.17, 15) is 4.79 Å². The molecule has 0 aliphatic rings. The summed E-state index contributed by atoms with van der Waals surface area (Å²) in [5.41, 5.74) is 8.71. The molecule has 0 bridgehead atoms. The molecule has 0 aliphatic heterocycles. The number of imidazole rings is 1. The fraction of sp³-hybridized carbons (Fsp3) is 0.0455. The molecule has 0 spiro atoms. The van der Waals surface area contributed by atoms with Crippen LogP contribution in [0.25, 0.3) is 28.2 Å². The lowest BCUT2D eigenvalue weighted by atomic mass is 10.2. The first-order chi connectivity index (χ1) is 16.0. The summed E-state index contributed by atoms with van der Waals surface area (Å²) in [6, 6.07) is 16.0. The van der Waals surface area contributed by atoms with Gasteiger partial charge in [-0.2, -0.15) is 0 Å². The molecule has 0 amide bonds. The monoisotopic (exact) mass is 506 g/mol. The van der Waals surface area contributed by atoms with E-state index in [1.807, 2.05) is 28.8 Å². The van der Waals surface area contributed by atoms with Crippen LogP contribution in [0.2, 0.25) is 0 Å². The number of halogens is 1. The molecule has 3 heterocycles. The Morgan fingerprint density at radius 1 is 1.12 bits per heavy atom. The van der Waals surface area contributed by atoms with Gasteiger partial charge in [-0.3, -0.25) is 4.57 Å². The molecule has 0 saturated heterocycles. The van der Waals surface area contributed by atoms with Crippen molar-refractivity contribution < 1.29 is 18.9 Å². The minimum atomic E-state index is -0.458. The molecule has 0 fully saturated rings. The molecule has 0 aliphatic carbocycles. The van der Waals surface area contributed by atoms with Crippen molar-refractivity contribution in [3.8, 4) is 28.8 Å². The Bertz CT molecular complexity index is 1480. The molecular weight excluding hydrogens is 492 g/mol. The molecule has 164 valence electrons. The Morgan fingerprint density at radius 3 is 2.67 bits per heavy atom. The maximum Gasteiger partial charge on any atom is 0.337 e. The molecule has 0 saturated carbocycles. The lowest BCUT2D eigenvalue weighted by Gasteiger charge is -2.09. The summed E-state index contributed by atoms with van der Waals surface area (Å²) in [6.07, 6.45) is 1.58. The van der Waals surface area contributed by atoms with Crippen molar-refractivity contribution in [2.45, 2.75) is 0 Å². The Labute approximate surface area is 195 Å². The number of nitrogens with two attached hydrogens (primary N) is 1. The van der Waals surface area contributed by atoms with Gasteiger partial charge in [0, 0.05) is 16.2 Å². The first-order valence-electron chi connectivity index (χ1n) is 9.62. The number of hydrogen-bond donors (Lipinski definition) is 1. The molecule has 11 heteroatoms. The van der Waals surface area contributed by atoms with Crippen molar-refractivity contribution in [3.63, 3.8) is 0 Å². The van der Waals surface area contributed by atoms with E-state index in [4.69, 9.17) is 19.8 Å². The van der Waals surface area contributed by atoms with Gasteiger partial charge in [0.05, 0.1) is 24.4 Å². The van der Waals surface area contributed by atoms with Crippen LogP contribution in [0.1, 0.15) is 10.4 Å². The number of carbonyl (C=O) groups is 1. The SMILES string of the molecule is COC(=O)c1cccc(Oc2cc3c(cn2)nc(-c2nonc2N)n3-c2ccc(Br)cc2)c1. The smallest absolute Gasteiger partial charge is 0.337 e. The van der Waals surface area contributed by atoms with E-state index in [1.165, 1.54) is 7.11 Å². The molecule has 10 nitrogen and oxygen atoms in total. The molecule has 5 rings (SSSR count). The highest BCUT2D eigenvalue weighted by Gasteiger charge is 2.21. The highest BCUT2D eigenvalue weighted by molar-refractivity contribution is 9.10. The van der Waals surface area contributed by atoms with Crippen LogP contribution in [0.4, 0.5) is 5.82 Å². The fourth-order valence-electron chi connectivity index (χ4n) is 3.30. The zero-order chi connectivity index (χ0) is 22.9. The van der Waals surface area contributed by atoms with Crippen LogP contribution in [-0.4, -0.2) is 37.9 Å². The summed E-state index contributed by atoms with van der Waals surface area (Å²) in [4.78, 5) is 20.8. The minimum Gasteiger partial charge on any atom is -0.465 e. The first-order valence-corrected chi connectivity index (χ1v) is 10.4. The molecular formula is C22H15BrN6O4. The molecule has 3 aromatic heterocycles. The standard InChI is InChI=1S/C22H15BrN6O4/c1-31-22(30)12-3-2-4-15(9-12)32-18-10-17-16(11-25-18)26-21(19-20(24)28-33-27-19)29(17)14-7-5-13(23)6-8-14/h2-11H,1H3,(H2,24,28). The number of aromatic nitrogens is 5. The van der Waals surface area contributed by atoms with Crippen LogP contribution in [0.5, 0.6) is 11.6 Å². The number of methoxy groups -OCH3 is 1. The lowest BCUT2D eigenvalue weighted by molar-refractivity contribution is 0.0600. The highest BCUT2D eigenvalue weighted by atomic mass is 79.9. The van der Waals surface area contributed by atoms with Gasteiger partial charge in [0.25, 0.3) is 0 Å². The zero-order valence-electron chi connectivity index (χ0n) is 17.1. The van der Waals surface area contributed by atoms with Crippen LogP contribution >= 0.6 is 15.9 Å². The predicted molar refractivity (Wildman–Crippen MR) is 122 cm³/mol. The molecule has 2 N–H and O–H groups in total. The number of carbonyl (C=O) groups excluding carboxylic acids is 1. The predicted octanol–water partition coefficient (Wildman–Crippen LogP) is 4.39. The van der Waals surface area contributed by atoms with Crippen molar-refractivity contribution in [2.24, 2.45) is 0 Å². The molecule has 2 aromatic carbocycles. The number of pyridine rings is 1. The summed E-state index contributed by atoms with van der Waals surface area (Å²) in [5.74, 6) is 0.844. The Kier molecular flexibility index (Phi) is 5.23. The number of anilines is 1. The van der Waals surface area contributed by atoms with Gasteiger partial charge in [0.2, 0.25) is 5.88 Å². The van der Waals surface area contributed by atoms with E-state index < -0.39 is 5.97 Å². The summed E-state index contributed by atoms with van der Waals surface area (Å²) in [6.45, 7) is 0. The third-order valence-electron chi connectivity index (χ3n) is 4.80. The zero-order valence-corrected chi connectivity index (χ0v) is 18.7. The van der Waals surface area contributed by atoms with Gasteiger partial charge in [-0.1, -0.05) is 22.0 Å². The second-order valence-electron chi connectivity index (χ2n) is 6.88. The average Bonchev–Trinajstić information content (AvgIpc) is 3.42. The number of ether oxygens (including phenoxy) is 2. The van der Waals surface area contributed by atoms with Crippen molar-refractivity contribution in [2.75, 3.05) is 12.8 Å². The third-order valence-corrected chi connectivity index (χ3v) is 5.33. The number of hydrogen-bond acceptors (Lipinski definition) is 9. The van der Waals surface area contributed by atoms with E-state index >= 15 is 0 Å². The average molecular weight is 507 g/mol. The van der Waals surface area contributed by atoms with Crippen LogP contribution < -0.4 is 10.5 Å². The van der Waals surface area contributed by atoms with Gasteiger partial charge in [-0.15, -0.1) is 0 Å². The van der Waals surface area contributed by atoms with E-state index in [0.29, 0.717) is 39.7 Å². The molecule has 0 atom stereocenters.